The molecule has 1 rings (SSSR count). The number of hydrogen-bond donors (Lipinski definition) is 0. The molecule has 0 atom stereocenters. The van der Waals surface area contributed by atoms with Gasteiger partial charge in [-0.2, -0.15) is 0 Å². The zero-order valence-corrected chi connectivity index (χ0v) is 12.3. The third kappa shape index (κ3) is 3.55. The van der Waals surface area contributed by atoms with Crippen LogP contribution in [0.1, 0.15) is 41.0 Å². The summed E-state index contributed by atoms with van der Waals surface area (Å²) in [6, 6.07) is 1.08. The molecule has 0 spiro atoms. The lowest BCUT2D eigenvalue weighted by atomic mass is 10.4. The minimum atomic E-state index is -2.06. The van der Waals surface area contributed by atoms with Crippen molar-refractivity contribution < 1.29 is 13.6 Å². The molecule has 0 N–H and O–H groups in total. The van der Waals surface area contributed by atoms with E-state index in [4.69, 9.17) is 13.6 Å². The fourth-order valence-corrected chi connectivity index (χ4v) is 6.30. The van der Waals surface area contributed by atoms with Gasteiger partial charge in [0.1, 0.15) is 0 Å². The molecule has 0 aromatic rings. The third-order valence-corrected chi connectivity index (χ3v) is 7.24. The highest BCUT2D eigenvalue weighted by atomic mass is 28.4. The van der Waals surface area contributed by atoms with E-state index >= 15 is 0 Å². The summed E-state index contributed by atoms with van der Waals surface area (Å²) < 4.78 is 17.8. The highest BCUT2D eigenvalue weighted by molar-refractivity contribution is 6.69. The van der Waals surface area contributed by atoms with Gasteiger partial charge in [-0.1, -0.05) is 13.3 Å². The standard InChI is InChI=1S/C12H26O3Si/c1-6-7-16(14-10(2)3,15-11(4)5)12-8-13-9-12/h10-12H,6-9H2,1-5H3. The summed E-state index contributed by atoms with van der Waals surface area (Å²) in [6.07, 6.45) is 1.62. The second kappa shape index (κ2) is 6.14. The van der Waals surface area contributed by atoms with Gasteiger partial charge in [0.05, 0.1) is 13.2 Å². The summed E-state index contributed by atoms with van der Waals surface area (Å²) in [4.78, 5) is 0. The average molecular weight is 246 g/mol. The molecule has 1 fully saturated rings. The number of rotatable bonds is 7. The maximum atomic E-state index is 6.23. The van der Waals surface area contributed by atoms with Crippen molar-refractivity contribution in [3.8, 4) is 0 Å². The third-order valence-electron chi connectivity index (χ3n) is 2.73. The van der Waals surface area contributed by atoms with Gasteiger partial charge >= 0.3 is 8.56 Å². The Hall–Kier alpha value is 0.0969. The van der Waals surface area contributed by atoms with Crippen LogP contribution in [-0.4, -0.2) is 34.0 Å². The quantitative estimate of drug-likeness (QED) is 0.646. The van der Waals surface area contributed by atoms with E-state index in [1.54, 1.807) is 0 Å². The minimum absolute atomic E-state index is 0.248. The van der Waals surface area contributed by atoms with Crippen molar-refractivity contribution >= 4 is 8.56 Å². The van der Waals surface area contributed by atoms with Gasteiger partial charge in [0, 0.05) is 17.7 Å². The van der Waals surface area contributed by atoms with E-state index in [-0.39, 0.29) is 12.2 Å². The molecule has 16 heavy (non-hydrogen) atoms. The Bertz CT molecular complexity index is 192. The second-order valence-electron chi connectivity index (χ2n) is 5.13. The zero-order valence-electron chi connectivity index (χ0n) is 11.3. The molecule has 0 aromatic heterocycles. The van der Waals surface area contributed by atoms with E-state index in [2.05, 4.69) is 34.6 Å². The Morgan fingerprint density at radius 3 is 1.88 bits per heavy atom. The molecule has 0 bridgehead atoms. The SMILES string of the molecule is CCC[Si](OC(C)C)(OC(C)C)C1COC1. The van der Waals surface area contributed by atoms with Crippen LogP contribution in [0.5, 0.6) is 0 Å². The molecule has 1 heterocycles. The maximum absolute atomic E-state index is 6.23. The van der Waals surface area contributed by atoms with Crippen molar-refractivity contribution in [2.45, 2.75) is 64.8 Å². The molecule has 96 valence electrons. The van der Waals surface area contributed by atoms with E-state index < -0.39 is 8.56 Å². The Morgan fingerprint density at radius 2 is 1.62 bits per heavy atom. The van der Waals surface area contributed by atoms with Crippen molar-refractivity contribution in [1.82, 2.24) is 0 Å². The fraction of sp³-hybridized carbons (Fsp3) is 1.00. The molecule has 0 unspecified atom stereocenters. The zero-order chi connectivity index (χ0) is 12.2. The summed E-state index contributed by atoms with van der Waals surface area (Å²) in [5, 5.41) is 0. The van der Waals surface area contributed by atoms with Gasteiger partial charge in [0.25, 0.3) is 0 Å². The van der Waals surface area contributed by atoms with Gasteiger partial charge in [0.15, 0.2) is 0 Å². The lowest BCUT2D eigenvalue weighted by Gasteiger charge is -2.43. The lowest BCUT2D eigenvalue weighted by Crippen LogP contribution is -2.55. The van der Waals surface area contributed by atoms with Crippen molar-refractivity contribution in [3.05, 3.63) is 0 Å². The molecular weight excluding hydrogens is 220 g/mol. The highest BCUT2D eigenvalue weighted by Gasteiger charge is 2.50. The first kappa shape index (κ1) is 14.2. The molecule has 1 aliphatic heterocycles. The number of ether oxygens (including phenoxy) is 1. The van der Waals surface area contributed by atoms with Crippen molar-refractivity contribution in [3.63, 3.8) is 0 Å². The summed E-state index contributed by atoms with van der Waals surface area (Å²) in [6.45, 7) is 12.2. The molecule has 3 nitrogen and oxygen atoms in total. The summed E-state index contributed by atoms with van der Waals surface area (Å²) in [7, 11) is -2.06. The maximum Gasteiger partial charge on any atom is 0.346 e. The predicted molar refractivity (Wildman–Crippen MR) is 67.9 cm³/mol. The van der Waals surface area contributed by atoms with Crippen molar-refractivity contribution in [1.29, 1.82) is 0 Å². The molecule has 0 aliphatic carbocycles. The normalized spacial score (nSPS) is 18.2. The highest BCUT2D eigenvalue weighted by Crippen LogP contribution is 2.37. The van der Waals surface area contributed by atoms with E-state index in [1.165, 1.54) is 0 Å². The largest absolute Gasteiger partial charge is 0.391 e. The first-order chi connectivity index (χ1) is 7.50. The van der Waals surface area contributed by atoms with Crippen LogP contribution in [0, 0.1) is 0 Å². The second-order valence-corrected chi connectivity index (χ2v) is 8.54. The monoisotopic (exact) mass is 246 g/mol. The van der Waals surface area contributed by atoms with E-state index in [1.807, 2.05) is 0 Å². The molecule has 1 saturated heterocycles. The van der Waals surface area contributed by atoms with Crippen LogP contribution in [0.25, 0.3) is 0 Å². The molecular formula is C12H26O3Si. The van der Waals surface area contributed by atoms with E-state index in [9.17, 15) is 0 Å². The van der Waals surface area contributed by atoms with E-state index in [0.29, 0.717) is 5.54 Å². The van der Waals surface area contributed by atoms with Crippen molar-refractivity contribution in [2.75, 3.05) is 13.2 Å². The molecule has 0 amide bonds. The van der Waals surface area contributed by atoms with E-state index in [0.717, 1.165) is 25.7 Å². The first-order valence-corrected chi connectivity index (χ1v) is 8.53. The van der Waals surface area contributed by atoms with Crippen molar-refractivity contribution in [2.24, 2.45) is 0 Å². The molecule has 0 saturated carbocycles. The fourth-order valence-electron chi connectivity index (χ4n) is 2.18. The lowest BCUT2D eigenvalue weighted by molar-refractivity contribution is -0.00527. The van der Waals surface area contributed by atoms with Crippen LogP contribution in [0.15, 0.2) is 0 Å². The van der Waals surface area contributed by atoms with Crippen LogP contribution in [0.2, 0.25) is 11.6 Å². The Balaban J connectivity index is 2.74. The van der Waals surface area contributed by atoms with Gasteiger partial charge in [0.2, 0.25) is 0 Å². The summed E-state index contributed by atoms with van der Waals surface area (Å²) >= 11 is 0. The van der Waals surface area contributed by atoms with Gasteiger partial charge in [-0.25, -0.2) is 0 Å². The molecule has 0 radical (unpaired) electrons. The predicted octanol–water partition coefficient (Wildman–Crippen LogP) is 3.09. The average Bonchev–Trinajstić information content (AvgIpc) is 1.96. The summed E-state index contributed by atoms with van der Waals surface area (Å²) in [5.41, 5.74) is 0.525. The van der Waals surface area contributed by atoms with Crippen LogP contribution < -0.4 is 0 Å². The first-order valence-electron chi connectivity index (χ1n) is 6.43. The molecule has 1 aliphatic rings. The van der Waals surface area contributed by atoms with Gasteiger partial charge in [-0.3, -0.25) is 0 Å². The minimum Gasteiger partial charge on any atom is -0.391 e. The van der Waals surface area contributed by atoms with Gasteiger partial charge < -0.3 is 13.6 Å². The van der Waals surface area contributed by atoms with Crippen LogP contribution >= 0.6 is 0 Å². The smallest absolute Gasteiger partial charge is 0.346 e. The topological polar surface area (TPSA) is 27.7 Å². The van der Waals surface area contributed by atoms with Crippen LogP contribution in [-0.2, 0) is 13.6 Å². The van der Waals surface area contributed by atoms with Gasteiger partial charge in [-0.05, 0) is 33.7 Å². The Kier molecular flexibility index (Phi) is 5.44. The Labute approximate surface area is 101 Å². The molecule has 0 aromatic carbocycles. The molecule has 4 heteroatoms. The van der Waals surface area contributed by atoms with Gasteiger partial charge in [-0.15, -0.1) is 0 Å². The van der Waals surface area contributed by atoms with Crippen LogP contribution in [0.4, 0.5) is 0 Å². The number of hydrogen-bond acceptors (Lipinski definition) is 3. The Morgan fingerprint density at radius 1 is 1.12 bits per heavy atom. The summed E-state index contributed by atoms with van der Waals surface area (Å²) in [5.74, 6) is 0. The van der Waals surface area contributed by atoms with Crippen LogP contribution in [0.3, 0.4) is 0 Å².